The number of allylic oxidation sites excluding steroid dienone is 7. The molecule has 9 rings (SSSR count). The van der Waals surface area contributed by atoms with Crippen LogP contribution in [0.2, 0.25) is 0 Å². The summed E-state index contributed by atoms with van der Waals surface area (Å²) in [4.78, 5) is 57.7. The Labute approximate surface area is 441 Å². The number of thioether (sulfide) groups is 1. The Morgan fingerprint density at radius 2 is 1.43 bits per heavy atom. The Kier molecular flexibility index (Phi) is 14.5. The lowest BCUT2D eigenvalue weighted by molar-refractivity contribution is -0.433. The highest BCUT2D eigenvalue weighted by molar-refractivity contribution is 8.03. The average Bonchev–Trinajstić information content (AvgIpc) is 3.89. The Balaban J connectivity index is 1.05. The summed E-state index contributed by atoms with van der Waals surface area (Å²) in [7, 11) is -9.22. The van der Waals surface area contributed by atoms with Gasteiger partial charge in [0.1, 0.15) is 21.6 Å². The SMILES string of the molecule is CCN1C(=CC=C2CCCC(C=CC3=[N+](CC)c4ccc5c(S(=O)(=O)[O-])cccc5c4C3(C)C)=C2Sc2ccc(NC(=O)CCCC(=O)ON3C(=O)CCC3=O)cc2)C(C)(C)c2c1ccc1c(S(=O)(=O)O)cccc21. The molecule has 0 radical (unpaired) electrons. The number of rotatable bonds is 15. The first-order valence-electron chi connectivity index (χ1n) is 25.0. The maximum absolute atomic E-state index is 13.0. The Morgan fingerprint density at radius 3 is 2.08 bits per heavy atom. The van der Waals surface area contributed by atoms with Crippen molar-refractivity contribution in [3.05, 3.63) is 142 Å². The van der Waals surface area contributed by atoms with Crippen molar-refractivity contribution in [2.45, 2.75) is 118 Å². The number of anilines is 2. The molecular formula is C57H58N4O11S3. The van der Waals surface area contributed by atoms with Gasteiger partial charge in [0.25, 0.3) is 21.9 Å². The van der Waals surface area contributed by atoms with Gasteiger partial charge in [0.15, 0.2) is 5.71 Å². The fourth-order valence-corrected chi connectivity index (χ4v) is 13.7. The Bertz CT molecular complexity index is 3630. The summed E-state index contributed by atoms with van der Waals surface area (Å²) < 4.78 is 74.5. The van der Waals surface area contributed by atoms with E-state index in [0.29, 0.717) is 40.0 Å². The summed E-state index contributed by atoms with van der Waals surface area (Å²) in [5, 5.41) is 5.68. The van der Waals surface area contributed by atoms with E-state index in [0.717, 1.165) is 79.5 Å². The second-order valence-corrected chi connectivity index (χ2v) is 23.9. The van der Waals surface area contributed by atoms with E-state index < -0.39 is 48.8 Å². The molecule has 390 valence electrons. The molecule has 0 saturated carbocycles. The van der Waals surface area contributed by atoms with Gasteiger partial charge in [0.2, 0.25) is 11.6 Å². The first-order chi connectivity index (χ1) is 35.5. The third kappa shape index (κ3) is 10.1. The molecule has 5 aromatic carbocycles. The lowest BCUT2D eigenvalue weighted by Gasteiger charge is -2.27. The molecule has 2 N–H and O–H groups in total. The van der Waals surface area contributed by atoms with Crippen molar-refractivity contribution in [1.29, 1.82) is 0 Å². The van der Waals surface area contributed by atoms with Crippen LogP contribution >= 0.6 is 11.8 Å². The minimum absolute atomic E-state index is 0.00806. The number of carbonyl (C=O) groups excluding carboxylic acids is 4. The monoisotopic (exact) mass is 1070 g/mol. The predicted octanol–water partition coefficient (Wildman–Crippen LogP) is 10.7. The molecule has 0 unspecified atom stereocenters. The second kappa shape index (κ2) is 20.4. The second-order valence-electron chi connectivity index (χ2n) is 20.0. The van der Waals surface area contributed by atoms with Crippen LogP contribution in [0, 0.1) is 0 Å². The molecule has 4 aliphatic rings. The molecule has 0 bridgehead atoms. The zero-order valence-electron chi connectivity index (χ0n) is 42.6. The molecule has 1 saturated heterocycles. The molecule has 1 aliphatic carbocycles. The standard InChI is InChI=1S/C57H58N4O11S3/c1-7-59-43-29-27-39-41(15-10-17-45(39)74(66,67)68)53(43)56(3,4)47(59)31-21-35-13-9-14-36(22-32-48-57(5,6)54-42-16-11-18-46(75(69,70)71)40(42)28-30-44(54)60(48)8-2)55(35)73-38-25-23-37(24-26-38)58-49(62)19-12-20-52(65)72-61-50(63)33-34-51(61)64/h10-11,15-18,21-32H,7-9,12-14,19-20,33-34H2,1-6H3,(H2-,58,62,66,67,68,69,70,71). The zero-order chi connectivity index (χ0) is 53.8. The van der Waals surface area contributed by atoms with E-state index in [1.807, 2.05) is 48.5 Å². The summed E-state index contributed by atoms with van der Waals surface area (Å²) in [5.74, 6) is -2.22. The largest absolute Gasteiger partial charge is 0.744 e. The number of likely N-dealkylation sites (N-methyl/N-ethyl adjacent to an activating group) is 1. The van der Waals surface area contributed by atoms with Crippen LogP contribution < -0.4 is 10.2 Å². The summed E-state index contributed by atoms with van der Waals surface area (Å²) in [6.45, 7) is 13.9. The van der Waals surface area contributed by atoms with Crippen molar-refractivity contribution in [3.8, 4) is 0 Å². The highest BCUT2D eigenvalue weighted by Crippen LogP contribution is 2.52. The fraction of sp³-hybridized carbons (Fsp3) is 0.316. The van der Waals surface area contributed by atoms with Gasteiger partial charge in [-0.3, -0.25) is 18.9 Å². The van der Waals surface area contributed by atoms with Crippen LogP contribution in [0.5, 0.6) is 0 Å². The van der Waals surface area contributed by atoms with Crippen LogP contribution in [-0.4, -0.2) is 78.1 Å². The summed E-state index contributed by atoms with van der Waals surface area (Å²) >= 11 is 1.61. The topological polar surface area (TPSA) is 211 Å². The van der Waals surface area contributed by atoms with Crippen molar-refractivity contribution in [3.63, 3.8) is 0 Å². The van der Waals surface area contributed by atoms with Gasteiger partial charge in [-0.2, -0.15) is 13.0 Å². The van der Waals surface area contributed by atoms with E-state index in [2.05, 4.69) is 80.6 Å². The molecule has 5 aromatic rings. The summed E-state index contributed by atoms with van der Waals surface area (Å²) in [5.41, 5.74) is 7.47. The Morgan fingerprint density at radius 1 is 0.773 bits per heavy atom. The van der Waals surface area contributed by atoms with Crippen LogP contribution in [0.4, 0.5) is 17.1 Å². The highest BCUT2D eigenvalue weighted by Gasteiger charge is 2.46. The molecule has 0 aromatic heterocycles. The maximum Gasteiger partial charge on any atom is 0.333 e. The van der Waals surface area contributed by atoms with Gasteiger partial charge in [-0.15, -0.1) is 5.06 Å². The lowest BCUT2D eigenvalue weighted by Crippen LogP contribution is -2.32. The van der Waals surface area contributed by atoms with E-state index in [-0.39, 0.29) is 47.8 Å². The molecule has 0 spiro atoms. The average molecular weight is 1070 g/mol. The predicted molar refractivity (Wildman–Crippen MR) is 288 cm³/mol. The minimum Gasteiger partial charge on any atom is -0.744 e. The molecule has 3 aliphatic heterocycles. The Hall–Kier alpha value is -6.70. The van der Waals surface area contributed by atoms with Gasteiger partial charge in [-0.05, 0) is 141 Å². The van der Waals surface area contributed by atoms with Gasteiger partial charge >= 0.3 is 5.97 Å². The van der Waals surface area contributed by atoms with Crippen LogP contribution in [0.25, 0.3) is 21.5 Å². The minimum atomic E-state index is -4.73. The van der Waals surface area contributed by atoms with Crippen molar-refractivity contribution in [2.24, 2.45) is 0 Å². The van der Waals surface area contributed by atoms with Gasteiger partial charge in [0.05, 0.1) is 10.3 Å². The number of amides is 3. The molecule has 3 amide bonds. The molecule has 3 heterocycles. The van der Waals surface area contributed by atoms with E-state index in [1.165, 1.54) is 12.1 Å². The lowest BCUT2D eigenvalue weighted by atomic mass is 9.78. The maximum atomic E-state index is 13.0. The molecule has 0 atom stereocenters. The van der Waals surface area contributed by atoms with Crippen LogP contribution in [0.1, 0.15) is 104 Å². The normalized spacial score (nSPS) is 18.6. The van der Waals surface area contributed by atoms with E-state index in [1.54, 1.807) is 36.0 Å². The number of hydroxylamine groups is 2. The first kappa shape index (κ1) is 53.1. The number of carbonyl (C=O) groups is 4. The number of hydrogen-bond acceptors (Lipinski definition) is 12. The van der Waals surface area contributed by atoms with Gasteiger partial charge in [-0.25, -0.2) is 13.2 Å². The summed E-state index contributed by atoms with van der Waals surface area (Å²) in [6, 6.07) is 24.6. The highest BCUT2D eigenvalue weighted by atomic mass is 32.2. The van der Waals surface area contributed by atoms with Gasteiger partial charge < -0.3 is 19.6 Å². The molecule has 15 nitrogen and oxygen atoms in total. The van der Waals surface area contributed by atoms with E-state index in [9.17, 15) is 45.1 Å². The number of benzene rings is 5. The van der Waals surface area contributed by atoms with E-state index >= 15 is 0 Å². The molecule has 18 heteroatoms. The zero-order valence-corrected chi connectivity index (χ0v) is 45.0. The molecular weight excluding hydrogens is 1010 g/mol. The van der Waals surface area contributed by atoms with Crippen LogP contribution in [-0.2, 0) is 55.1 Å². The summed E-state index contributed by atoms with van der Waals surface area (Å²) in [6.07, 6.45) is 11.1. The van der Waals surface area contributed by atoms with Gasteiger partial charge in [0, 0.05) is 87.6 Å². The van der Waals surface area contributed by atoms with Crippen LogP contribution in [0.15, 0.2) is 146 Å². The number of hydrogen-bond donors (Lipinski definition) is 2. The van der Waals surface area contributed by atoms with Crippen molar-refractivity contribution >= 4 is 100 Å². The molecule has 1 fully saturated rings. The van der Waals surface area contributed by atoms with Gasteiger partial charge in [-0.1, -0.05) is 68.1 Å². The van der Waals surface area contributed by atoms with Crippen molar-refractivity contribution in [2.75, 3.05) is 23.3 Å². The van der Waals surface area contributed by atoms with Crippen molar-refractivity contribution in [1.82, 2.24) is 5.06 Å². The number of imide groups is 1. The van der Waals surface area contributed by atoms with E-state index in [4.69, 9.17) is 4.84 Å². The quantitative estimate of drug-likeness (QED) is 0.0568. The first-order valence-corrected chi connectivity index (χ1v) is 28.7. The molecule has 75 heavy (non-hydrogen) atoms. The third-order valence-electron chi connectivity index (χ3n) is 14.6. The smallest absolute Gasteiger partial charge is 0.333 e. The number of nitrogens with one attached hydrogen (secondary N) is 1. The van der Waals surface area contributed by atoms with Crippen LogP contribution in [0.3, 0.4) is 0 Å². The number of fused-ring (bicyclic) bond motifs is 6. The van der Waals surface area contributed by atoms with Crippen molar-refractivity contribution < 1.29 is 54.5 Å². The number of nitrogens with zero attached hydrogens (tertiary/aromatic N) is 3. The third-order valence-corrected chi connectivity index (χ3v) is 17.6. The fourth-order valence-electron chi connectivity index (χ4n) is 11.2.